The molecular weight excluding hydrogens is 256 g/mol. The van der Waals surface area contributed by atoms with Crippen molar-refractivity contribution < 1.29 is 8.42 Å². The maximum atomic E-state index is 11.3. The summed E-state index contributed by atoms with van der Waals surface area (Å²) in [5.74, 6) is 0. The fourth-order valence-electron chi connectivity index (χ4n) is 1.71. The SMILES string of the molecule is Cc1ccccc1-c1cccc(S(=O)(=O)Cl)c1. The second kappa shape index (κ2) is 4.51. The van der Waals surface area contributed by atoms with Gasteiger partial charge in [-0.3, -0.25) is 0 Å². The number of halogens is 1. The summed E-state index contributed by atoms with van der Waals surface area (Å²) in [5, 5.41) is 0. The molecule has 0 bridgehead atoms. The van der Waals surface area contributed by atoms with Gasteiger partial charge < -0.3 is 0 Å². The van der Waals surface area contributed by atoms with Crippen LogP contribution >= 0.6 is 10.7 Å². The van der Waals surface area contributed by atoms with Crippen LogP contribution in [0.5, 0.6) is 0 Å². The van der Waals surface area contributed by atoms with Gasteiger partial charge in [0.1, 0.15) is 0 Å². The highest BCUT2D eigenvalue weighted by Crippen LogP contribution is 2.26. The molecule has 0 saturated carbocycles. The van der Waals surface area contributed by atoms with Crippen molar-refractivity contribution in [3.63, 3.8) is 0 Å². The molecule has 0 aromatic heterocycles. The molecule has 0 heterocycles. The van der Waals surface area contributed by atoms with E-state index >= 15 is 0 Å². The number of benzene rings is 2. The van der Waals surface area contributed by atoms with Crippen LogP contribution in [0.2, 0.25) is 0 Å². The van der Waals surface area contributed by atoms with Gasteiger partial charge in [-0.2, -0.15) is 0 Å². The van der Waals surface area contributed by atoms with Crippen molar-refractivity contribution >= 4 is 19.7 Å². The Morgan fingerprint density at radius 1 is 1.00 bits per heavy atom. The lowest BCUT2D eigenvalue weighted by atomic mass is 10.0. The van der Waals surface area contributed by atoms with E-state index in [9.17, 15) is 8.42 Å². The first-order valence-corrected chi connectivity index (χ1v) is 7.40. The van der Waals surface area contributed by atoms with E-state index in [0.717, 1.165) is 16.7 Å². The Morgan fingerprint density at radius 2 is 1.71 bits per heavy atom. The number of aryl methyl sites for hydroxylation is 1. The van der Waals surface area contributed by atoms with Gasteiger partial charge >= 0.3 is 0 Å². The molecular formula is C13H11ClO2S. The molecule has 0 atom stereocenters. The second-order valence-corrected chi connectivity index (χ2v) is 6.35. The molecule has 2 nitrogen and oxygen atoms in total. The highest BCUT2D eigenvalue weighted by molar-refractivity contribution is 8.13. The van der Waals surface area contributed by atoms with E-state index in [1.165, 1.54) is 6.07 Å². The fraction of sp³-hybridized carbons (Fsp3) is 0.0769. The summed E-state index contributed by atoms with van der Waals surface area (Å²) in [6.45, 7) is 1.98. The molecule has 88 valence electrons. The van der Waals surface area contributed by atoms with Crippen molar-refractivity contribution in [3.8, 4) is 11.1 Å². The zero-order valence-electron chi connectivity index (χ0n) is 9.22. The van der Waals surface area contributed by atoms with Crippen LogP contribution in [0.3, 0.4) is 0 Å². The molecule has 4 heteroatoms. The average molecular weight is 267 g/mol. The van der Waals surface area contributed by atoms with Crippen molar-refractivity contribution in [1.82, 2.24) is 0 Å². The zero-order chi connectivity index (χ0) is 12.5. The van der Waals surface area contributed by atoms with Crippen LogP contribution in [0.15, 0.2) is 53.4 Å². The Morgan fingerprint density at radius 3 is 2.35 bits per heavy atom. The van der Waals surface area contributed by atoms with E-state index in [0.29, 0.717) is 0 Å². The first-order chi connectivity index (χ1) is 7.98. The molecule has 0 aliphatic rings. The van der Waals surface area contributed by atoms with E-state index in [2.05, 4.69) is 0 Å². The van der Waals surface area contributed by atoms with Gasteiger partial charge in [0.25, 0.3) is 9.05 Å². The smallest absolute Gasteiger partial charge is 0.207 e. The molecule has 0 radical (unpaired) electrons. The predicted molar refractivity (Wildman–Crippen MR) is 69.7 cm³/mol. The van der Waals surface area contributed by atoms with Crippen molar-refractivity contribution in [3.05, 3.63) is 54.1 Å². The van der Waals surface area contributed by atoms with Crippen LogP contribution in [0.25, 0.3) is 11.1 Å². The van der Waals surface area contributed by atoms with Gasteiger partial charge in [-0.05, 0) is 35.7 Å². The van der Waals surface area contributed by atoms with Gasteiger partial charge in [0.2, 0.25) is 0 Å². The van der Waals surface area contributed by atoms with E-state index in [4.69, 9.17) is 10.7 Å². The summed E-state index contributed by atoms with van der Waals surface area (Å²) in [6, 6.07) is 14.4. The minimum absolute atomic E-state index is 0.125. The van der Waals surface area contributed by atoms with Crippen LogP contribution in [0.4, 0.5) is 0 Å². The lowest BCUT2D eigenvalue weighted by molar-refractivity contribution is 0.609. The summed E-state index contributed by atoms with van der Waals surface area (Å²) in [6.07, 6.45) is 0. The summed E-state index contributed by atoms with van der Waals surface area (Å²) < 4.78 is 22.5. The Labute approximate surface area is 105 Å². The third-order valence-corrected chi connectivity index (χ3v) is 3.92. The monoisotopic (exact) mass is 266 g/mol. The van der Waals surface area contributed by atoms with Crippen LogP contribution < -0.4 is 0 Å². The van der Waals surface area contributed by atoms with E-state index in [1.807, 2.05) is 37.3 Å². The van der Waals surface area contributed by atoms with Crippen molar-refractivity contribution in [2.24, 2.45) is 0 Å². The minimum atomic E-state index is -3.67. The van der Waals surface area contributed by atoms with Crippen molar-refractivity contribution in [1.29, 1.82) is 0 Å². The summed E-state index contributed by atoms with van der Waals surface area (Å²) in [7, 11) is 1.66. The van der Waals surface area contributed by atoms with E-state index in [-0.39, 0.29) is 4.90 Å². The average Bonchev–Trinajstić information content (AvgIpc) is 2.29. The third-order valence-electron chi connectivity index (χ3n) is 2.57. The molecule has 17 heavy (non-hydrogen) atoms. The Kier molecular flexibility index (Phi) is 3.22. The maximum absolute atomic E-state index is 11.3. The van der Waals surface area contributed by atoms with Gasteiger partial charge in [0.05, 0.1) is 4.90 Å². The van der Waals surface area contributed by atoms with Gasteiger partial charge in [-0.25, -0.2) is 8.42 Å². The van der Waals surface area contributed by atoms with Gasteiger partial charge in [-0.1, -0.05) is 36.4 Å². The Hall–Kier alpha value is -1.32. The topological polar surface area (TPSA) is 34.1 Å². The molecule has 0 aliphatic carbocycles. The highest BCUT2D eigenvalue weighted by atomic mass is 35.7. The molecule has 2 aromatic rings. The summed E-state index contributed by atoms with van der Waals surface area (Å²) in [4.78, 5) is 0.125. The molecule has 0 fully saturated rings. The van der Waals surface area contributed by atoms with E-state index < -0.39 is 9.05 Å². The maximum Gasteiger partial charge on any atom is 0.261 e. The Balaban J connectivity index is 2.59. The van der Waals surface area contributed by atoms with Crippen molar-refractivity contribution in [2.75, 3.05) is 0 Å². The van der Waals surface area contributed by atoms with Gasteiger partial charge in [-0.15, -0.1) is 0 Å². The third kappa shape index (κ3) is 2.68. The molecule has 0 spiro atoms. The summed E-state index contributed by atoms with van der Waals surface area (Å²) >= 11 is 0. The quantitative estimate of drug-likeness (QED) is 0.779. The highest BCUT2D eigenvalue weighted by Gasteiger charge is 2.11. The van der Waals surface area contributed by atoms with Crippen LogP contribution in [0.1, 0.15) is 5.56 Å². The lowest BCUT2D eigenvalue weighted by Crippen LogP contribution is -1.91. The van der Waals surface area contributed by atoms with E-state index in [1.54, 1.807) is 12.1 Å². The normalized spacial score (nSPS) is 11.4. The molecule has 0 aliphatic heterocycles. The van der Waals surface area contributed by atoms with Crippen molar-refractivity contribution in [2.45, 2.75) is 11.8 Å². The molecule has 0 N–H and O–H groups in total. The first-order valence-electron chi connectivity index (χ1n) is 5.09. The minimum Gasteiger partial charge on any atom is -0.207 e. The number of hydrogen-bond acceptors (Lipinski definition) is 2. The number of hydrogen-bond donors (Lipinski definition) is 0. The molecule has 0 amide bonds. The van der Waals surface area contributed by atoms with Gasteiger partial charge in [0.15, 0.2) is 0 Å². The molecule has 2 aromatic carbocycles. The number of rotatable bonds is 2. The zero-order valence-corrected chi connectivity index (χ0v) is 10.8. The first kappa shape index (κ1) is 12.1. The summed E-state index contributed by atoms with van der Waals surface area (Å²) in [5.41, 5.74) is 2.95. The standard InChI is InChI=1S/C13H11ClO2S/c1-10-5-2-3-8-13(10)11-6-4-7-12(9-11)17(14,15)16/h2-9H,1H3. The molecule has 2 rings (SSSR count). The second-order valence-electron chi connectivity index (χ2n) is 3.78. The van der Waals surface area contributed by atoms with Crippen LogP contribution in [-0.4, -0.2) is 8.42 Å². The predicted octanol–water partition coefficient (Wildman–Crippen LogP) is 3.59. The van der Waals surface area contributed by atoms with Crippen LogP contribution in [0, 0.1) is 6.92 Å². The molecule has 0 unspecified atom stereocenters. The van der Waals surface area contributed by atoms with Crippen LogP contribution in [-0.2, 0) is 9.05 Å². The molecule has 0 saturated heterocycles. The van der Waals surface area contributed by atoms with Gasteiger partial charge in [0, 0.05) is 10.7 Å². The lowest BCUT2D eigenvalue weighted by Gasteiger charge is -2.06. The largest absolute Gasteiger partial charge is 0.261 e. The Bertz CT molecular complexity index is 648. The fourth-order valence-corrected chi connectivity index (χ4v) is 2.51.